The van der Waals surface area contributed by atoms with Gasteiger partial charge in [-0.1, -0.05) is 29.3 Å². The topological polar surface area (TPSA) is 117 Å². The molecule has 172 valence electrons. The van der Waals surface area contributed by atoms with E-state index in [9.17, 15) is 24.3 Å². The van der Waals surface area contributed by atoms with Crippen LogP contribution in [0.2, 0.25) is 5.02 Å². The molecular formula is C24H17ClN2O6S. The first kappa shape index (κ1) is 23.3. The summed E-state index contributed by atoms with van der Waals surface area (Å²) >= 11 is 6.61. The molecule has 4 rings (SSSR count). The summed E-state index contributed by atoms with van der Waals surface area (Å²) in [6, 6.07) is 14.8. The normalized spacial score (nSPS) is 14.6. The Balaban J connectivity index is 1.47. The molecule has 2 N–H and O–H groups in total. The lowest BCUT2D eigenvalue weighted by Crippen LogP contribution is -2.36. The van der Waals surface area contributed by atoms with Gasteiger partial charge < -0.3 is 14.8 Å². The standard InChI is InChI=1S/C24H17ClN2O6S/c1-13-2-5-15(6-3-13)26-21(28)12-27-22(29)20(34-24(27)32)11-16-7-9-19(33-16)14-4-8-18(25)17(10-14)23(30)31/h2-11H,12H2,1H3,(H,26,28)(H,30,31)/b20-11+. The van der Waals surface area contributed by atoms with Crippen molar-refractivity contribution in [1.29, 1.82) is 0 Å². The van der Waals surface area contributed by atoms with Crippen molar-refractivity contribution in [3.05, 3.63) is 81.4 Å². The number of aromatic carboxylic acids is 1. The van der Waals surface area contributed by atoms with Gasteiger partial charge in [-0.05, 0) is 61.2 Å². The number of carboxylic acids is 1. The zero-order valence-corrected chi connectivity index (χ0v) is 19.3. The molecule has 34 heavy (non-hydrogen) atoms. The molecular weight excluding hydrogens is 480 g/mol. The summed E-state index contributed by atoms with van der Waals surface area (Å²) < 4.78 is 5.71. The quantitative estimate of drug-likeness (QED) is 0.446. The van der Waals surface area contributed by atoms with Gasteiger partial charge in [0, 0.05) is 17.3 Å². The smallest absolute Gasteiger partial charge is 0.337 e. The van der Waals surface area contributed by atoms with Crippen LogP contribution in [0.15, 0.2) is 63.9 Å². The summed E-state index contributed by atoms with van der Waals surface area (Å²) in [5, 5.41) is 11.4. The number of hydrogen-bond acceptors (Lipinski definition) is 6. The van der Waals surface area contributed by atoms with Crippen molar-refractivity contribution in [1.82, 2.24) is 4.90 Å². The van der Waals surface area contributed by atoms with Crippen LogP contribution in [0.5, 0.6) is 0 Å². The number of furan rings is 1. The van der Waals surface area contributed by atoms with Crippen molar-refractivity contribution in [2.24, 2.45) is 0 Å². The molecule has 2 heterocycles. The number of carboxylic acid groups (broad SMARTS) is 1. The Kier molecular flexibility index (Phi) is 6.58. The molecule has 0 unspecified atom stereocenters. The molecule has 3 aromatic rings. The highest BCUT2D eigenvalue weighted by Gasteiger charge is 2.36. The lowest BCUT2D eigenvalue weighted by atomic mass is 10.1. The maximum atomic E-state index is 12.7. The number of anilines is 1. The monoisotopic (exact) mass is 496 g/mol. The number of nitrogens with one attached hydrogen (secondary N) is 1. The molecule has 2 aromatic carbocycles. The lowest BCUT2D eigenvalue weighted by molar-refractivity contribution is -0.127. The Hall–Kier alpha value is -3.82. The van der Waals surface area contributed by atoms with E-state index in [0.29, 0.717) is 28.8 Å². The van der Waals surface area contributed by atoms with Crippen LogP contribution in [0, 0.1) is 6.92 Å². The molecule has 1 aliphatic rings. The first-order chi connectivity index (χ1) is 16.2. The summed E-state index contributed by atoms with van der Waals surface area (Å²) in [7, 11) is 0. The minimum atomic E-state index is -1.17. The van der Waals surface area contributed by atoms with Crippen LogP contribution in [-0.2, 0) is 9.59 Å². The number of benzene rings is 2. The van der Waals surface area contributed by atoms with Gasteiger partial charge in [0.25, 0.3) is 11.1 Å². The lowest BCUT2D eigenvalue weighted by Gasteiger charge is -2.12. The largest absolute Gasteiger partial charge is 0.478 e. The molecule has 1 aliphatic heterocycles. The number of carbonyl (C=O) groups is 4. The second kappa shape index (κ2) is 9.58. The molecule has 0 radical (unpaired) electrons. The van der Waals surface area contributed by atoms with Crippen molar-refractivity contribution < 1.29 is 28.7 Å². The fourth-order valence-corrected chi connectivity index (χ4v) is 4.19. The molecule has 1 fully saturated rings. The van der Waals surface area contributed by atoms with Crippen molar-refractivity contribution in [2.45, 2.75) is 6.92 Å². The summed E-state index contributed by atoms with van der Waals surface area (Å²) in [6.07, 6.45) is 1.40. The number of nitrogens with zero attached hydrogens (tertiary/aromatic N) is 1. The third-order valence-electron chi connectivity index (χ3n) is 4.89. The molecule has 0 aliphatic carbocycles. The first-order valence-electron chi connectivity index (χ1n) is 9.96. The van der Waals surface area contributed by atoms with Crippen LogP contribution < -0.4 is 5.32 Å². The van der Waals surface area contributed by atoms with Crippen molar-refractivity contribution in [2.75, 3.05) is 11.9 Å². The van der Waals surface area contributed by atoms with Gasteiger partial charge in [-0.15, -0.1) is 0 Å². The fraction of sp³-hybridized carbons (Fsp3) is 0.0833. The van der Waals surface area contributed by atoms with E-state index in [1.54, 1.807) is 30.3 Å². The molecule has 0 saturated carbocycles. The molecule has 10 heteroatoms. The summed E-state index contributed by atoms with van der Waals surface area (Å²) in [5.41, 5.74) is 2.02. The predicted molar refractivity (Wildman–Crippen MR) is 129 cm³/mol. The number of carbonyl (C=O) groups excluding carboxylic acids is 3. The van der Waals surface area contributed by atoms with E-state index in [1.165, 1.54) is 18.2 Å². The van der Waals surface area contributed by atoms with E-state index in [2.05, 4.69) is 5.32 Å². The Morgan fingerprint density at radius 3 is 2.56 bits per heavy atom. The highest BCUT2D eigenvalue weighted by Crippen LogP contribution is 2.34. The van der Waals surface area contributed by atoms with Gasteiger partial charge in [0.2, 0.25) is 5.91 Å². The molecule has 3 amide bonds. The molecule has 0 atom stereocenters. The Bertz CT molecular complexity index is 1350. The predicted octanol–water partition coefficient (Wildman–Crippen LogP) is 5.28. The highest BCUT2D eigenvalue weighted by molar-refractivity contribution is 8.18. The second-order valence-electron chi connectivity index (χ2n) is 7.38. The Morgan fingerprint density at radius 1 is 1.12 bits per heavy atom. The minimum absolute atomic E-state index is 0.0675. The molecule has 0 bridgehead atoms. The minimum Gasteiger partial charge on any atom is -0.478 e. The van der Waals surface area contributed by atoms with Crippen LogP contribution in [-0.4, -0.2) is 39.6 Å². The second-order valence-corrected chi connectivity index (χ2v) is 8.78. The number of amides is 3. The highest BCUT2D eigenvalue weighted by atomic mass is 35.5. The maximum absolute atomic E-state index is 12.7. The van der Waals surface area contributed by atoms with E-state index in [1.807, 2.05) is 19.1 Å². The number of thioether (sulfide) groups is 1. The van der Waals surface area contributed by atoms with Gasteiger partial charge in [0.05, 0.1) is 15.5 Å². The number of hydrogen-bond donors (Lipinski definition) is 2. The average molecular weight is 497 g/mol. The van der Waals surface area contributed by atoms with Crippen LogP contribution >= 0.6 is 23.4 Å². The zero-order valence-electron chi connectivity index (χ0n) is 17.7. The van der Waals surface area contributed by atoms with Gasteiger partial charge in [-0.2, -0.15) is 0 Å². The Morgan fingerprint density at radius 2 is 1.85 bits per heavy atom. The van der Waals surface area contributed by atoms with E-state index in [-0.39, 0.29) is 21.3 Å². The van der Waals surface area contributed by atoms with Crippen LogP contribution in [0.3, 0.4) is 0 Å². The van der Waals surface area contributed by atoms with Gasteiger partial charge in [-0.3, -0.25) is 19.3 Å². The van der Waals surface area contributed by atoms with Gasteiger partial charge >= 0.3 is 5.97 Å². The first-order valence-corrected chi connectivity index (χ1v) is 11.2. The van der Waals surface area contributed by atoms with Gasteiger partial charge in [-0.25, -0.2) is 4.79 Å². The third-order valence-corrected chi connectivity index (χ3v) is 6.13. The Labute approximate surface area is 203 Å². The summed E-state index contributed by atoms with van der Waals surface area (Å²) in [6.45, 7) is 1.50. The van der Waals surface area contributed by atoms with E-state index < -0.39 is 29.6 Å². The summed E-state index contributed by atoms with van der Waals surface area (Å²) in [4.78, 5) is 49.6. The van der Waals surface area contributed by atoms with Crippen molar-refractivity contribution in [3.63, 3.8) is 0 Å². The maximum Gasteiger partial charge on any atom is 0.337 e. The molecule has 1 aromatic heterocycles. The average Bonchev–Trinajstić information content (AvgIpc) is 3.36. The summed E-state index contributed by atoms with van der Waals surface area (Å²) in [5.74, 6) is -1.62. The molecule has 8 nitrogen and oxygen atoms in total. The van der Waals surface area contributed by atoms with E-state index in [0.717, 1.165) is 10.5 Å². The van der Waals surface area contributed by atoms with Gasteiger partial charge in [0.1, 0.15) is 18.1 Å². The van der Waals surface area contributed by atoms with Crippen LogP contribution in [0.4, 0.5) is 10.5 Å². The number of aryl methyl sites for hydroxylation is 1. The SMILES string of the molecule is Cc1ccc(NC(=O)CN2C(=O)S/C(=C/c3ccc(-c4ccc(Cl)c(C(=O)O)c4)o3)C2=O)cc1. The number of imide groups is 1. The van der Waals surface area contributed by atoms with Gasteiger partial charge in [0.15, 0.2) is 0 Å². The zero-order chi connectivity index (χ0) is 24.4. The number of halogens is 1. The van der Waals surface area contributed by atoms with Crippen molar-refractivity contribution in [3.8, 4) is 11.3 Å². The van der Waals surface area contributed by atoms with Crippen LogP contribution in [0.25, 0.3) is 17.4 Å². The van der Waals surface area contributed by atoms with E-state index >= 15 is 0 Å². The fourth-order valence-electron chi connectivity index (χ4n) is 3.17. The van der Waals surface area contributed by atoms with Crippen LogP contribution in [0.1, 0.15) is 21.7 Å². The molecule has 1 saturated heterocycles. The molecule has 0 spiro atoms. The third kappa shape index (κ3) is 5.05. The van der Waals surface area contributed by atoms with Crippen molar-refractivity contribution >= 4 is 58.1 Å². The van der Waals surface area contributed by atoms with E-state index in [4.69, 9.17) is 16.0 Å². The number of rotatable bonds is 6.